The first-order chi connectivity index (χ1) is 11.0. The number of carbonyl (C=O) groups is 1. The monoisotopic (exact) mass is 319 g/mol. The predicted molar refractivity (Wildman–Crippen MR) is 93.6 cm³/mol. The number of hydrogen-bond acceptors (Lipinski definition) is 4. The van der Waals surface area contributed by atoms with Crippen molar-refractivity contribution < 1.29 is 9.53 Å². The van der Waals surface area contributed by atoms with Crippen molar-refractivity contribution in [3.05, 3.63) is 29.8 Å². The van der Waals surface area contributed by atoms with Gasteiger partial charge in [0.15, 0.2) is 0 Å². The van der Waals surface area contributed by atoms with Crippen LogP contribution in [0.5, 0.6) is 0 Å². The summed E-state index contributed by atoms with van der Waals surface area (Å²) in [6, 6.07) is 9.25. The molecule has 5 nitrogen and oxygen atoms in total. The van der Waals surface area contributed by atoms with E-state index in [4.69, 9.17) is 4.74 Å². The number of nitrogens with zero attached hydrogens (tertiary/aromatic N) is 1. The van der Waals surface area contributed by atoms with E-state index in [-0.39, 0.29) is 11.9 Å². The smallest absolute Gasteiger partial charge is 0.221 e. The fourth-order valence-corrected chi connectivity index (χ4v) is 3.04. The number of benzene rings is 1. The molecule has 128 valence electrons. The first-order valence-corrected chi connectivity index (χ1v) is 8.41. The Kier molecular flexibility index (Phi) is 6.57. The number of anilines is 1. The molecule has 1 aromatic carbocycles. The van der Waals surface area contributed by atoms with Crippen molar-refractivity contribution in [2.45, 2.75) is 45.8 Å². The Balaban J connectivity index is 1.83. The molecular formula is C18H29N3O2. The van der Waals surface area contributed by atoms with E-state index >= 15 is 0 Å². The summed E-state index contributed by atoms with van der Waals surface area (Å²) in [5.74, 6) is -0.0441. The Morgan fingerprint density at radius 2 is 2.04 bits per heavy atom. The summed E-state index contributed by atoms with van der Waals surface area (Å²) in [5, 5.41) is 6.40. The average Bonchev–Trinajstić information content (AvgIpc) is 2.53. The minimum absolute atomic E-state index is 0.0441. The Morgan fingerprint density at radius 1 is 1.35 bits per heavy atom. The van der Waals surface area contributed by atoms with Crippen molar-refractivity contribution in [2.75, 3.05) is 31.6 Å². The summed E-state index contributed by atoms with van der Waals surface area (Å²) in [6.45, 7) is 11.8. The Labute approximate surface area is 139 Å². The molecule has 0 saturated carbocycles. The molecule has 1 heterocycles. The van der Waals surface area contributed by atoms with Gasteiger partial charge in [-0.05, 0) is 38.5 Å². The van der Waals surface area contributed by atoms with Gasteiger partial charge in [0, 0.05) is 43.8 Å². The van der Waals surface area contributed by atoms with Gasteiger partial charge < -0.3 is 15.4 Å². The van der Waals surface area contributed by atoms with E-state index in [1.807, 2.05) is 12.1 Å². The molecule has 0 unspecified atom stereocenters. The lowest BCUT2D eigenvalue weighted by Crippen LogP contribution is -2.51. The van der Waals surface area contributed by atoms with Crippen LogP contribution >= 0.6 is 0 Å². The lowest BCUT2D eigenvalue weighted by atomic mass is 10.1. The van der Waals surface area contributed by atoms with E-state index in [1.54, 1.807) is 0 Å². The summed E-state index contributed by atoms with van der Waals surface area (Å²) in [7, 11) is 0. The molecule has 1 aliphatic heterocycles. The molecular weight excluding hydrogens is 290 g/mol. The zero-order valence-corrected chi connectivity index (χ0v) is 14.6. The van der Waals surface area contributed by atoms with Gasteiger partial charge in [-0.15, -0.1) is 0 Å². The molecule has 0 spiro atoms. The van der Waals surface area contributed by atoms with Crippen LogP contribution in [0.4, 0.5) is 5.69 Å². The van der Waals surface area contributed by atoms with Crippen LogP contribution in [0.15, 0.2) is 24.3 Å². The minimum Gasteiger partial charge on any atom is -0.379 e. The summed E-state index contributed by atoms with van der Waals surface area (Å²) in [5.41, 5.74) is 2.06. The molecule has 5 heteroatoms. The third-order valence-electron chi connectivity index (χ3n) is 4.44. The third-order valence-corrected chi connectivity index (χ3v) is 4.44. The molecule has 1 saturated heterocycles. The SMILES string of the molecule is CC(=O)Nc1ccc([C@H](C)NC[C@H](C)N2CCOC[C@@H]2C)cc1. The highest BCUT2D eigenvalue weighted by Crippen LogP contribution is 2.17. The van der Waals surface area contributed by atoms with Crippen molar-refractivity contribution in [2.24, 2.45) is 0 Å². The minimum atomic E-state index is -0.0441. The highest BCUT2D eigenvalue weighted by atomic mass is 16.5. The molecule has 2 N–H and O–H groups in total. The topological polar surface area (TPSA) is 53.6 Å². The van der Waals surface area contributed by atoms with Gasteiger partial charge in [-0.3, -0.25) is 9.69 Å². The number of ether oxygens (including phenoxy) is 1. The molecule has 23 heavy (non-hydrogen) atoms. The molecule has 1 aliphatic rings. The normalized spacial score (nSPS) is 21.7. The average molecular weight is 319 g/mol. The Bertz CT molecular complexity index is 503. The predicted octanol–water partition coefficient (Wildman–Crippen LogP) is 2.40. The molecule has 2 rings (SSSR count). The van der Waals surface area contributed by atoms with Gasteiger partial charge in [-0.1, -0.05) is 12.1 Å². The number of rotatable bonds is 6. The van der Waals surface area contributed by atoms with Crippen molar-refractivity contribution in [3.8, 4) is 0 Å². The van der Waals surface area contributed by atoms with Crippen LogP contribution in [0.3, 0.4) is 0 Å². The first kappa shape index (κ1) is 17.9. The lowest BCUT2D eigenvalue weighted by Gasteiger charge is -2.38. The molecule has 0 aliphatic carbocycles. The molecule has 1 amide bonds. The second-order valence-corrected chi connectivity index (χ2v) is 6.44. The number of carbonyl (C=O) groups excluding carboxylic acids is 1. The van der Waals surface area contributed by atoms with Crippen LogP contribution < -0.4 is 10.6 Å². The molecule has 3 atom stereocenters. The Hall–Kier alpha value is -1.43. The Morgan fingerprint density at radius 3 is 2.65 bits per heavy atom. The van der Waals surface area contributed by atoms with Gasteiger partial charge in [0.1, 0.15) is 0 Å². The van der Waals surface area contributed by atoms with Gasteiger partial charge in [0.2, 0.25) is 5.91 Å². The summed E-state index contributed by atoms with van der Waals surface area (Å²) in [4.78, 5) is 13.6. The maximum atomic E-state index is 11.0. The largest absolute Gasteiger partial charge is 0.379 e. The van der Waals surface area contributed by atoms with Crippen LogP contribution in [0.2, 0.25) is 0 Å². The van der Waals surface area contributed by atoms with E-state index in [2.05, 4.69) is 48.4 Å². The van der Waals surface area contributed by atoms with E-state index in [0.717, 1.165) is 32.0 Å². The quantitative estimate of drug-likeness (QED) is 0.845. The second-order valence-electron chi connectivity index (χ2n) is 6.44. The van der Waals surface area contributed by atoms with Crippen LogP contribution in [-0.4, -0.2) is 49.2 Å². The van der Waals surface area contributed by atoms with E-state index in [9.17, 15) is 4.79 Å². The standard InChI is InChI=1S/C18H29N3O2/c1-13(21-9-10-23-12-14(21)2)11-19-15(3)17-5-7-18(8-6-17)20-16(4)22/h5-8,13-15,19H,9-12H2,1-4H3,(H,20,22)/t13-,14-,15-/m0/s1. The zero-order chi connectivity index (χ0) is 16.8. The van der Waals surface area contributed by atoms with Gasteiger partial charge in [-0.25, -0.2) is 0 Å². The molecule has 0 aromatic heterocycles. The van der Waals surface area contributed by atoms with Crippen LogP contribution in [-0.2, 0) is 9.53 Å². The second kappa shape index (κ2) is 8.43. The van der Waals surface area contributed by atoms with Crippen LogP contribution in [0, 0.1) is 0 Å². The van der Waals surface area contributed by atoms with Gasteiger partial charge >= 0.3 is 0 Å². The number of hydrogen-bond donors (Lipinski definition) is 2. The summed E-state index contributed by atoms with van der Waals surface area (Å²) < 4.78 is 5.50. The number of nitrogens with one attached hydrogen (secondary N) is 2. The number of amides is 1. The van der Waals surface area contributed by atoms with E-state index in [0.29, 0.717) is 12.1 Å². The van der Waals surface area contributed by atoms with Crippen LogP contribution in [0.1, 0.15) is 39.3 Å². The lowest BCUT2D eigenvalue weighted by molar-refractivity contribution is -0.114. The van der Waals surface area contributed by atoms with E-state index < -0.39 is 0 Å². The highest BCUT2D eigenvalue weighted by Gasteiger charge is 2.23. The highest BCUT2D eigenvalue weighted by molar-refractivity contribution is 5.88. The van der Waals surface area contributed by atoms with Gasteiger partial charge in [0.05, 0.1) is 13.2 Å². The first-order valence-electron chi connectivity index (χ1n) is 8.41. The van der Waals surface area contributed by atoms with Crippen LogP contribution in [0.25, 0.3) is 0 Å². The third kappa shape index (κ3) is 5.30. The van der Waals surface area contributed by atoms with Gasteiger partial charge in [0.25, 0.3) is 0 Å². The van der Waals surface area contributed by atoms with Crippen molar-refractivity contribution in [1.82, 2.24) is 10.2 Å². The summed E-state index contributed by atoms with van der Waals surface area (Å²) in [6.07, 6.45) is 0. The van der Waals surface area contributed by atoms with Crippen molar-refractivity contribution in [3.63, 3.8) is 0 Å². The zero-order valence-electron chi connectivity index (χ0n) is 14.6. The van der Waals surface area contributed by atoms with Gasteiger partial charge in [-0.2, -0.15) is 0 Å². The maximum absolute atomic E-state index is 11.0. The molecule has 0 radical (unpaired) electrons. The van der Waals surface area contributed by atoms with E-state index in [1.165, 1.54) is 12.5 Å². The fraction of sp³-hybridized carbons (Fsp3) is 0.611. The molecule has 0 bridgehead atoms. The number of morpholine rings is 1. The molecule has 1 fully saturated rings. The maximum Gasteiger partial charge on any atom is 0.221 e. The fourth-order valence-electron chi connectivity index (χ4n) is 3.04. The van der Waals surface area contributed by atoms with Crippen molar-refractivity contribution >= 4 is 11.6 Å². The van der Waals surface area contributed by atoms with Crippen molar-refractivity contribution in [1.29, 1.82) is 0 Å². The summed E-state index contributed by atoms with van der Waals surface area (Å²) >= 11 is 0. The molecule has 1 aromatic rings.